The lowest BCUT2D eigenvalue weighted by Crippen LogP contribution is -2.63. The molecular formula is C15H21NO. The molecule has 1 N–H and O–H groups in total. The predicted octanol–water partition coefficient (Wildman–Crippen LogP) is 3.25. The minimum atomic E-state index is -0.0394. The Morgan fingerprint density at radius 3 is 2.53 bits per heavy atom. The van der Waals surface area contributed by atoms with Gasteiger partial charge in [0.05, 0.1) is 6.61 Å². The maximum absolute atomic E-state index is 5.98. The molecule has 2 fully saturated rings. The average molecular weight is 231 g/mol. The van der Waals surface area contributed by atoms with Crippen molar-refractivity contribution in [2.45, 2.75) is 44.9 Å². The molecule has 1 saturated carbocycles. The van der Waals surface area contributed by atoms with Crippen molar-refractivity contribution in [3.05, 3.63) is 35.9 Å². The van der Waals surface area contributed by atoms with Crippen LogP contribution in [0.1, 0.15) is 44.7 Å². The normalized spacial score (nSPS) is 29.9. The van der Waals surface area contributed by atoms with Crippen LogP contribution < -0.4 is 5.32 Å². The Morgan fingerprint density at radius 2 is 1.88 bits per heavy atom. The van der Waals surface area contributed by atoms with Crippen molar-refractivity contribution in [2.75, 3.05) is 6.61 Å². The molecule has 1 atom stereocenters. The molecule has 0 amide bonds. The van der Waals surface area contributed by atoms with Gasteiger partial charge >= 0.3 is 0 Å². The lowest BCUT2D eigenvalue weighted by atomic mass is 9.65. The molecule has 2 heteroatoms. The highest BCUT2D eigenvalue weighted by Gasteiger charge is 2.52. The Morgan fingerprint density at radius 1 is 1.18 bits per heavy atom. The number of ether oxygens (including phenoxy) is 1. The van der Waals surface area contributed by atoms with Crippen LogP contribution in [0.4, 0.5) is 0 Å². The quantitative estimate of drug-likeness (QED) is 0.801. The van der Waals surface area contributed by atoms with E-state index < -0.39 is 0 Å². The van der Waals surface area contributed by atoms with Crippen LogP contribution in [0, 0.1) is 5.41 Å². The topological polar surface area (TPSA) is 21.3 Å². The van der Waals surface area contributed by atoms with Gasteiger partial charge in [0.15, 0.2) is 0 Å². The summed E-state index contributed by atoms with van der Waals surface area (Å²) in [6.07, 6.45) is 3.33. The first kappa shape index (κ1) is 11.2. The zero-order valence-electron chi connectivity index (χ0n) is 10.7. The summed E-state index contributed by atoms with van der Waals surface area (Å²) in [5.74, 6) is 0. The van der Waals surface area contributed by atoms with E-state index in [4.69, 9.17) is 4.74 Å². The van der Waals surface area contributed by atoms with E-state index in [0.29, 0.717) is 11.5 Å². The second kappa shape index (κ2) is 3.82. The van der Waals surface area contributed by atoms with Gasteiger partial charge in [0.1, 0.15) is 5.72 Å². The standard InChI is InChI=1S/C15H21NO/c1-14(2)10-15(11-14)16-13(8-9-17-15)12-6-4-3-5-7-12/h3-7,13,16H,8-11H2,1-2H3. The van der Waals surface area contributed by atoms with Crippen LogP contribution in [0.5, 0.6) is 0 Å². The Balaban J connectivity index is 1.73. The van der Waals surface area contributed by atoms with Crippen molar-refractivity contribution < 1.29 is 4.74 Å². The maximum Gasteiger partial charge on any atom is 0.120 e. The van der Waals surface area contributed by atoms with Crippen LogP contribution in [0.15, 0.2) is 30.3 Å². The molecule has 17 heavy (non-hydrogen) atoms. The molecular weight excluding hydrogens is 210 g/mol. The number of hydrogen-bond donors (Lipinski definition) is 1. The fraction of sp³-hybridized carbons (Fsp3) is 0.600. The third-order valence-corrected chi connectivity index (χ3v) is 3.95. The first-order valence-corrected chi connectivity index (χ1v) is 6.55. The highest BCUT2D eigenvalue weighted by atomic mass is 16.5. The van der Waals surface area contributed by atoms with Crippen LogP contribution in [-0.4, -0.2) is 12.3 Å². The van der Waals surface area contributed by atoms with Gasteiger partial charge in [0.25, 0.3) is 0 Å². The minimum absolute atomic E-state index is 0.0394. The fourth-order valence-electron chi connectivity index (χ4n) is 3.44. The third-order valence-electron chi connectivity index (χ3n) is 3.95. The highest BCUT2D eigenvalue weighted by molar-refractivity contribution is 5.20. The summed E-state index contributed by atoms with van der Waals surface area (Å²) in [7, 11) is 0. The second-order valence-electron chi connectivity index (χ2n) is 6.26. The highest BCUT2D eigenvalue weighted by Crippen LogP contribution is 2.51. The van der Waals surface area contributed by atoms with Gasteiger partial charge in [0, 0.05) is 6.04 Å². The van der Waals surface area contributed by atoms with Crippen molar-refractivity contribution in [3.8, 4) is 0 Å². The molecule has 1 aliphatic carbocycles. The zero-order valence-corrected chi connectivity index (χ0v) is 10.7. The van der Waals surface area contributed by atoms with Gasteiger partial charge in [-0.05, 0) is 30.2 Å². The lowest BCUT2D eigenvalue weighted by Gasteiger charge is -2.56. The van der Waals surface area contributed by atoms with Crippen LogP contribution in [-0.2, 0) is 4.74 Å². The molecule has 3 rings (SSSR count). The van der Waals surface area contributed by atoms with E-state index in [9.17, 15) is 0 Å². The SMILES string of the molecule is CC1(C)CC2(C1)NC(c1ccccc1)CCO2. The summed E-state index contributed by atoms with van der Waals surface area (Å²) in [4.78, 5) is 0. The van der Waals surface area contributed by atoms with E-state index in [0.717, 1.165) is 25.9 Å². The van der Waals surface area contributed by atoms with Crippen molar-refractivity contribution >= 4 is 0 Å². The second-order valence-corrected chi connectivity index (χ2v) is 6.26. The molecule has 0 aromatic heterocycles. The molecule has 1 aromatic rings. The van der Waals surface area contributed by atoms with E-state index in [1.165, 1.54) is 5.56 Å². The van der Waals surface area contributed by atoms with E-state index in [1.807, 2.05) is 0 Å². The van der Waals surface area contributed by atoms with Crippen LogP contribution in [0.2, 0.25) is 0 Å². The molecule has 2 nitrogen and oxygen atoms in total. The van der Waals surface area contributed by atoms with Crippen molar-refractivity contribution in [1.82, 2.24) is 5.32 Å². The third kappa shape index (κ3) is 2.12. The van der Waals surface area contributed by atoms with E-state index in [2.05, 4.69) is 49.5 Å². The minimum Gasteiger partial charge on any atom is -0.361 e. The van der Waals surface area contributed by atoms with Gasteiger partial charge in [-0.3, -0.25) is 5.32 Å². The molecule has 2 aliphatic rings. The Kier molecular flexibility index (Phi) is 2.53. The van der Waals surface area contributed by atoms with Crippen LogP contribution in [0.3, 0.4) is 0 Å². The molecule has 1 heterocycles. The Bertz CT molecular complexity index is 391. The predicted molar refractivity (Wildman–Crippen MR) is 68.6 cm³/mol. The summed E-state index contributed by atoms with van der Waals surface area (Å²) in [5.41, 5.74) is 1.79. The largest absolute Gasteiger partial charge is 0.361 e. The van der Waals surface area contributed by atoms with Gasteiger partial charge in [-0.25, -0.2) is 0 Å². The van der Waals surface area contributed by atoms with Gasteiger partial charge < -0.3 is 4.74 Å². The van der Waals surface area contributed by atoms with Crippen molar-refractivity contribution in [1.29, 1.82) is 0 Å². The maximum atomic E-state index is 5.98. The lowest BCUT2D eigenvalue weighted by molar-refractivity contribution is -0.205. The summed E-state index contributed by atoms with van der Waals surface area (Å²) in [5, 5.41) is 3.72. The van der Waals surface area contributed by atoms with Gasteiger partial charge in [-0.15, -0.1) is 0 Å². The average Bonchev–Trinajstić information content (AvgIpc) is 2.28. The number of benzene rings is 1. The summed E-state index contributed by atoms with van der Waals surface area (Å²) in [6.45, 7) is 5.51. The first-order valence-electron chi connectivity index (χ1n) is 6.55. The van der Waals surface area contributed by atoms with E-state index >= 15 is 0 Å². The van der Waals surface area contributed by atoms with Gasteiger partial charge in [-0.1, -0.05) is 44.2 Å². The smallest absolute Gasteiger partial charge is 0.120 e. The Hall–Kier alpha value is -0.860. The summed E-state index contributed by atoms with van der Waals surface area (Å²) >= 11 is 0. The molecule has 1 aliphatic heterocycles. The number of rotatable bonds is 1. The van der Waals surface area contributed by atoms with E-state index in [-0.39, 0.29) is 5.72 Å². The van der Waals surface area contributed by atoms with Crippen molar-refractivity contribution in [3.63, 3.8) is 0 Å². The van der Waals surface area contributed by atoms with Crippen molar-refractivity contribution in [2.24, 2.45) is 5.41 Å². The van der Waals surface area contributed by atoms with Gasteiger partial charge in [0.2, 0.25) is 0 Å². The molecule has 0 radical (unpaired) electrons. The Labute approximate surface area is 103 Å². The van der Waals surface area contributed by atoms with Gasteiger partial charge in [-0.2, -0.15) is 0 Å². The van der Waals surface area contributed by atoms with E-state index in [1.54, 1.807) is 0 Å². The molecule has 1 saturated heterocycles. The molecule has 0 bridgehead atoms. The van der Waals surface area contributed by atoms with Crippen LogP contribution >= 0.6 is 0 Å². The molecule has 1 unspecified atom stereocenters. The monoisotopic (exact) mass is 231 g/mol. The molecule has 1 aromatic carbocycles. The van der Waals surface area contributed by atoms with Crippen LogP contribution in [0.25, 0.3) is 0 Å². The fourth-order valence-corrected chi connectivity index (χ4v) is 3.44. The summed E-state index contributed by atoms with van der Waals surface area (Å²) in [6, 6.07) is 11.2. The number of hydrogen-bond acceptors (Lipinski definition) is 2. The molecule has 1 spiro atoms. The zero-order chi connectivity index (χ0) is 11.9. The number of nitrogens with one attached hydrogen (secondary N) is 1. The first-order chi connectivity index (χ1) is 8.09. The summed E-state index contributed by atoms with van der Waals surface area (Å²) < 4.78 is 5.98. The molecule has 92 valence electrons.